The fourth-order valence-corrected chi connectivity index (χ4v) is 3.41. The summed E-state index contributed by atoms with van der Waals surface area (Å²) in [4.78, 5) is 10.2. The number of aromatic nitrogens is 2. The first-order chi connectivity index (χ1) is 8.19. The lowest BCUT2D eigenvalue weighted by Gasteiger charge is -2.14. The van der Waals surface area contributed by atoms with Crippen molar-refractivity contribution in [2.75, 3.05) is 6.54 Å². The summed E-state index contributed by atoms with van der Waals surface area (Å²) in [5, 5.41) is 7.93. The lowest BCUT2D eigenvalue weighted by Crippen LogP contribution is -2.22. The first-order valence-corrected chi connectivity index (χ1v) is 7.45. The highest BCUT2D eigenvalue weighted by Gasteiger charge is 2.15. The number of hydrogen-bond donors (Lipinski definition) is 1. The largest absolute Gasteiger partial charge is 0.309 e. The molecule has 0 spiro atoms. The van der Waals surface area contributed by atoms with Crippen LogP contribution in [0.15, 0.2) is 11.6 Å². The lowest BCUT2D eigenvalue weighted by atomic mass is 10.2. The molecule has 0 radical (unpaired) electrons. The van der Waals surface area contributed by atoms with Gasteiger partial charge in [0, 0.05) is 34.6 Å². The SMILES string of the molecule is CCNC(Cc1nc(C)cs1)c1cnc(C)s1. The van der Waals surface area contributed by atoms with Crippen LogP contribution in [0.2, 0.25) is 0 Å². The number of nitrogens with zero attached hydrogens (tertiary/aromatic N) is 2. The van der Waals surface area contributed by atoms with Crippen molar-refractivity contribution in [3.8, 4) is 0 Å². The van der Waals surface area contributed by atoms with Crippen LogP contribution in [0, 0.1) is 13.8 Å². The molecule has 0 saturated carbocycles. The number of rotatable bonds is 5. The maximum absolute atomic E-state index is 4.53. The second kappa shape index (κ2) is 5.71. The molecule has 1 unspecified atom stereocenters. The topological polar surface area (TPSA) is 37.8 Å². The van der Waals surface area contributed by atoms with Crippen molar-refractivity contribution in [3.63, 3.8) is 0 Å². The molecule has 0 aliphatic heterocycles. The first kappa shape index (κ1) is 12.7. The van der Waals surface area contributed by atoms with E-state index in [2.05, 4.69) is 27.6 Å². The van der Waals surface area contributed by atoms with E-state index < -0.39 is 0 Å². The van der Waals surface area contributed by atoms with E-state index >= 15 is 0 Å². The summed E-state index contributed by atoms with van der Waals surface area (Å²) < 4.78 is 0. The minimum atomic E-state index is 0.344. The molecule has 0 aliphatic carbocycles. The Morgan fingerprint density at radius 3 is 2.76 bits per heavy atom. The molecule has 1 N–H and O–H groups in total. The van der Waals surface area contributed by atoms with E-state index in [0.29, 0.717) is 6.04 Å². The summed E-state index contributed by atoms with van der Waals surface area (Å²) in [5.74, 6) is 0. The Kier molecular flexibility index (Phi) is 4.25. The van der Waals surface area contributed by atoms with Crippen molar-refractivity contribution < 1.29 is 0 Å². The third-order valence-corrected chi connectivity index (χ3v) is 4.49. The zero-order valence-corrected chi connectivity index (χ0v) is 12.0. The molecular formula is C12H17N3S2. The van der Waals surface area contributed by atoms with E-state index in [1.165, 1.54) is 9.88 Å². The van der Waals surface area contributed by atoms with Gasteiger partial charge in [-0.1, -0.05) is 6.92 Å². The summed E-state index contributed by atoms with van der Waals surface area (Å²) >= 11 is 3.50. The minimum absolute atomic E-state index is 0.344. The van der Waals surface area contributed by atoms with Crippen molar-refractivity contribution in [2.24, 2.45) is 0 Å². The van der Waals surface area contributed by atoms with Crippen LogP contribution in [-0.4, -0.2) is 16.5 Å². The van der Waals surface area contributed by atoms with Gasteiger partial charge in [-0.3, -0.25) is 0 Å². The summed E-state index contributed by atoms with van der Waals surface area (Å²) in [7, 11) is 0. The van der Waals surface area contributed by atoms with Gasteiger partial charge in [0.05, 0.1) is 10.0 Å². The highest BCUT2D eigenvalue weighted by Crippen LogP contribution is 2.25. The lowest BCUT2D eigenvalue weighted by molar-refractivity contribution is 0.556. The molecule has 0 amide bonds. The summed E-state index contributed by atoms with van der Waals surface area (Å²) in [6.45, 7) is 7.18. The second-order valence-electron chi connectivity index (χ2n) is 3.98. The van der Waals surface area contributed by atoms with Gasteiger partial charge < -0.3 is 5.32 Å². The Balaban J connectivity index is 2.12. The molecule has 92 valence electrons. The average molecular weight is 267 g/mol. The molecule has 2 aromatic rings. The number of nitrogens with one attached hydrogen (secondary N) is 1. The van der Waals surface area contributed by atoms with Crippen LogP contribution in [0.5, 0.6) is 0 Å². The number of thiazole rings is 2. The molecule has 2 aromatic heterocycles. The Bertz CT molecular complexity index is 476. The Hall–Kier alpha value is -0.780. The van der Waals surface area contributed by atoms with Crippen molar-refractivity contribution in [3.05, 3.63) is 32.2 Å². The van der Waals surface area contributed by atoms with Crippen molar-refractivity contribution in [1.82, 2.24) is 15.3 Å². The fourth-order valence-electron chi connectivity index (χ4n) is 1.73. The maximum atomic E-state index is 4.53. The normalized spacial score (nSPS) is 12.9. The maximum Gasteiger partial charge on any atom is 0.0947 e. The van der Waals surface area contributed by atoms with E-state index in [-0.39, 0.29) is 0 Å². The van der Waals surface area contributed by atoms with Crippen LogP contribution in [0.25, 0.3) is 0 Å². The van der Waals surface area contributed by atoms with Crippen molar-refractivity contribution in [2.45, 2.75) is 33.2 Å². The van der Waals surface area contributed by atoms with E-state index in [0.717, 1.165) is 23.7 Å². The molecule has 0 saturated heterocycles. The van der Waals surface area contributed by atoms with Crippen LogP contribution in [0.1, 0.15) is 33.6 Å². The molecule has 0 fully saturated rings. The summed E-state index contributed by atoms with van der Waals surface area (Å²) in [6, 6.07) is 0.344. The van der Waals surface area contributed by atoms with Crippen molar-refractivity contribution >= 4 is 22.7 Å². The predicted molar refractivity (Wildman–Crippen MR) is 73.8 cm³/mol. The minimum Gasteiger partial charge on any atom is -0.309 e. The van der Waals surface area contributed by atoms with E-state index in [9.17, 15) is 0 Å². The molecule has 2 heterocycles. The smallest absolute Gasteiger partial charge is 0.0947 e. The molecule has 0 aliphatic rings. The van der Waals surface area contributed by atoms with Gasteiger partial charge in [-0.05, 0) is 20.4 Å². The fraction of sp³-hybridized carbons (Fsp3) is 0.500. The van der Waals surface area contributed by atoms with Gasteiger partial charge in [0.1, 0.15) is 0 Å². The van der Waals surface area contributed by atoms with Gasteiger partial charge in [0.15, 0.2) is 0 Å². The van der Waals surface area contributed by atoms with Crippen molar-refractivity contribution in [1.29, 1.82) is 0 Å². The van der Waals surface area contributed by atoms with Crippen LogP contribution in [0.3, 0.4) is 0 Å². The van der Waals surface area contributed by atoms with Gasteiger partial charge in [-0.15, -0.1) is 22.7 Å². The summed E-state index contributed by atoms with van der Waals surface area (Å²) in [6.07, 6.45) is 2.93. The standard InChI is InChI=1S/C12H17N3S2/c1-4-13-10(11-6-14-9(3)17-11)5-12-15-8(2)7-16-12/h6-7,10,13H,4-5H2,1-3H3. The quantitative estimate of drug-likeness (QED) is 0.904. The highest BCUT2D eigenvalue weighted by molar-refractivity contribution is 7.11. The van der Waals surface area contributed by atoms with E-state index in [1.807, 2.05) is 20.0 Å². The predicted octanol–water partition coefficient (Wildman–Crippen LogP) is 3.11. The Labute approximate surface area is 110 Å². The van der Waals surface area contributed by atoms with Gasteiger partial charge in [0.25, 0.3) is 0 Å². The molecule has 2 rings (SSSR count). The molecule has 0 bridgehead atoms. The Morgan fingerprint density at radius 2 is 2.24 bits per heavy atom. The molecule has 5 heteroatoms. The number of aryl methyl sites for hydroxylation is 2. The average Bonchev–Trinajstić information content (AvgIpc) is 2.87. The summed E-state index contributed by atoms with van der Waals surface area (Å²) in [5.41, 5.74) is 1.11. The van der Waals surface area contributed by atoms with E-state index in [1.54, 1.807) is 22.7 Å². The molecule has 3 nitrogen and oxygen atoms in total. The zero-order valence-electron chi connectivity index (χ0n) is 10.4. The third-order valence-electron chi connectivity index (χ3n) is 2.48. The molecule has 17 heavy (non-hydrogen) atoms. The van der Waals surface area contributed by atoms with E-state index in [4.69, 9.17) is 0 Å². The zero-order chi connectivity index (χ0) is 12.3. The Morgan fingerprint density at radius 1 is 1.41 bits per heavy atom. The number of hydrogen-bond acceptors (Lipinski definition) is 5. The molecule has 0 aromatic carbocycles. The molecular weight excluding hydrogens is 250 g/mol. The van der Waals surface area contributed by atoms with Gasteiger partial charge in [0.2, 0.25) is 0 Å². The van der Waals surface area contributed by atoms with Crippen LogP contribution >= 0.6 is 22.7 Å². The van der Waals surface area contributed by atoms with Crippen LogP contribution in [0.4, 0.5) is 0 Å². The molecule has 1 atom stereocenters. The monoisotopic (exact) mass is 267 g/mol. The first-order valence-electron chi connectivity index (χ1n) is 5.75. The third kappa shape index (κ3) is 3.34. The highest BCUT2D eigenvalue weighted by atomic mass is 32.1. The number of likely N-dealkylation sites (N-methyl/N-ethyl adjacent to an activating group) is 1. The van der Waals surface area contributed by atoms with Crippen LogP contribution < -0.4 is 5.32 Å². The van der Waals surface area contributed by atoms with Gasteiger partial charge in [-0.2, -0.15) is 0 Å². The van der Waals surface area contributed by atoms with Gasteiger partial charge >= 0.3 is 0 Å². The van der Waals surface area contributed by atoms with Gasteiger partial charge in [-0.25, -0.2) is 9.97 Å². The second-order valence-corrected chi connectivity index (χ2v) is 6.19. The van der Waals surface area contributed by atoms with Crippen LogP contribution in [-0.2, 0) is 6.42 Å².